The standard InChI is InChI=1S/C17H14Cl2N2O2.ClH/c18-15-3-2-11(5-13(15)9-21)14-6-10(1-4-16(14)19)12(8-20)7-17(22)23;/h1-6,12H,7-8,20H2,(H,22,23);1H/t12-;/m0./s1. The molecule has 0 saturated carbocycles. The summed E-state index contributed by atoms with van der Waals surface area (Å²) in [6.45, 7) is 0.220. The van der Waals surface area contributed by atoms with Gasteiger partial charge in [-0.2, -0.15) is 5.26 Å². The normalized spacial score (nSPS) is 11.2. The van der Waals surface area contributed by atoms with Gasteiger partial charge in [-0.3, -0.25) is 4.79 Å². The maximum atomic E-state index is 11.0. The lowest BCUT2D eigenvalue weighted by Gasteiger charge is -2.15. The monoisotopic (exact) mass is 384 g/mol. The second kappa shape index (κ2) is 8.91. The quantitative estimate of drug-likeness (QED) is 0.795. The van der Waals surface area contributed by atoms with Crippen LogP contribution in [0.3, 0.4) is 0 Å². The predicted molar refractivity (Wildman–Crippen MR) is 97.9 cm³/mol. The third kappa shape index (κ3) is 4.62. The Balaban J connectivity index is 0.00000288. The van der Waals surface area contributed by atoms with Crippen molar-refractivity contribution in [2.45, 2.75) is 12.3 Å². The molecule has 2 aromatic carbocycles. The van der Waals surface area contributed by atoms with Gasteiger partial charge in [-0.1, -0.05) is 35.3 Å². The molecule has 0 unspecified atom stereocenters. The lowest BCUT2D eigenvalue weighted by Crippen LogP contribution is -2.16. The summed E-state index contributed by atoms with van der Waals surface area (Å²) in [6.07, 6.45) is -0.0539. The number of aliphatic carboxylic acids is 1. The van der Waals surface area contributed by atoms with Gasteiger partial charge in [-0.05, 0) is 41.9 Å². The predicted octanol–water partition coefficient (Wildman–Crippen LogP) is 4.47. The van der Waals surface area contributed by atoms with E-state index in [2.05, 4.69) is 0 Å². The first-order valence-corrected chi connectivity index (χ1v) is 7.63. The smallest absolute Gasteiger partial charge is 0.304 e. The van der Waals surface area contributed by atoms with Crippen LogP contribution >= 0.6 is 35.6 Å². The van der Waals surface area contributed by atoms with Gasteiger partial charge in [0.25, 0.3) is 0 Å². The maximum Gasteiger partial charge on any atom is 0.304 e. The summed E-state index contributed by atoms with van der Waals surface area (Å²) in [5.74, 6) is -1.21. The van der Waals surface area contributed by atoms with Crippen molar-refractivity contribution in [3.63, 3.8) is 0 Å². The zero-order valence-corrected chi connectivity index (χ0v) is 14.8. The fraction of sp³-hybridized carbons (Fsp3) is 0.176. The van der Waals surface area contributed by atoms with Crippen LogP contribution in [0.15, 0.2) is 36.4 Å². The average Bonchev–Trinajstić information content (AvgIpc) is 2.53. The van der Waals surface area contributed by atoms with E-state index in [0.29, 0.717) is 21.2 Å². The van der Waals surface area contributed by atoms with Crippen LogP contribution in [-0.4, -0.2) is 17.6 Å². The minimum Gasteiger partial charge on any atom is -0.481 e. The Bertz CT molecular complexity index is 788. The minimum atomic E-state index is -0.907. The van der Waals surface area contributed by atoms with Crippen molar-refractivity contribution in [1.82, 2.24) is 0 Å². The van der Waals surface area contributed by atoms with Crippen molar-refractivity contribution in [3.8, 4) is 17.2 Å². The van der Waals surface area contributed by atoms with Gasteiger partial charge < -0.3 is 10.8 Å². The van der Waals surface area contributed by atoms with E-state index in [9.17, 15) is 4.79 Å². The van der Waals surface area contributed by atoms with Gasteiger partial charge in [0.05, 0.1) is 17.0 Å². The van der Waals surface area contributed by atoms with E-state index in [1.165, 1.54) is 0 Å². The maximum absolute atomic E-state index is 11.0. The highest BCUT2D eigenvalue weighted by atomic mass is 35.5. The Hall–Kier alpha value is -1.77. The van der Waals surface area contributed by atoms with Gasteiger partial charge in [-0.15, -0.1) is 12.4 Å². The van der Waals surface area contributed by atoms with Gasteiger partial charge in [-0.25, -0.2) is 0 Å². The number of nitrogens with zero attached hydrogens (tertiary/aromatic N) is 1. The molecular formula is C17H15Cl3N2O2. The Kier molecular flexibility index (Phi) is 7.53. The molecule has 4 nitrogen and oxygen atoms in total. The third-order valence-electron chi connectivity index (χ3n) is 3.57. The SMILES string of the molecule is Cl.N#Cc1cc(-c2cc([C@H](CN)CC(=O)O)ccc2Cl)ccc1Cl. The Morgan fingerprint density at radius 3 is 2.46 bits per heavy atom. The first-order valence-electron chi connectivity index (χ1n) is 6.87. The number of nitriles is 1. The Morgan fingerprint density at radius 1 is 1.21 bits per heavy atom. The number of hydrogen-bond donors (Lipinski definition) is 2. The van der Waals surface area contributed by atoms with Crippen molar-refractivity contribution >= 4 is 41.6 Å². The number of carbonyl (C=O) groups is 1. The molecule has 0 radical (unpaired) electrons. The van der Waals surface area contributed by atoms with Crippen molar-refractivity contribution in [2.24, 2.45) is 5.73 Å². The van der Waals surface area contributed by atoms with Gasteiger partial charge in [0.2, 0.25) is 0 Å². The molecule has 0 heterocycles. The van der Waals surface area contributed by atoms with Gasteiger partial charge in [0.1, 0.15) is 6.07 Å². The molecule has 0 amide bonds. The molecule has 2 aromatic rings. The number of nitrogens with two attached hydrogens (primary N) is 1. The van der Waals surface area contributed by atoms with Crippen LogP contribution in [0.25, 0.3) is 11.1 Å². The fourth-order valence-corrected chi connectivity index (χ4v) is 2.73. The molecule has 3 N–H and O–H groups in total. The lowest BCUT2D eigenvalue weighted by atomic mass is 9.92. The van der Waals surface area contributed by atoms with Gasteiger partial charge in [0, 0.05) is 16.5 Å². The summed E-state index contributed by atoms with van der Waals surface area (Å²) in [5.41, 5.74) is 8.29. The molecule has 0 aliphatic heterocycles. The molecule has 0 aliphatic rings. The summed E-state index contributed by atoms with van der Waals surface area (Å²) in [5, 5.41) is 18.9. The van der Waals surface area contributed by atoms with E-state index in [1.807, 2.05) is 12.1 Å². The van der Waals surface area contributed by atoms with Crippen molar-refractivity contribution in [1.29, 1.82) is 5.26 Å². The van der Waals surface area contributed by atoms with E-state index in [-0.39, 0.29) is 31.3 Å². The van der Waals surface area contributed by atoms with Gasteiger partial charge in [0.15, 0.2) is 0 Å². The molecule has 0 spiro atoms. The largest absolute Gasteiger partial charge is 0.481 e. The molecule has 0 saturated heterocycles. The molecule has 24 heavy (non-hydrogen) atoms. The van der Waals surface area contributed by atoms with Crippen LogP contribution in [0.2, 0.25) is 10.0 Å². The third-order valence-corrected chi connectivity index (χ3v) is 4.22. The zero-order chi connectivity index (χ0) is 17.0. The number of hydrogen-bond acceptors (Lipinski definition) is 3. The van der Waals surface area contributed by atoms with E-state index in [0.717, 1.165) is 11.1 Å². The lowest BCUT2D eigenvalue weighted by molar-refractivity contribution is -0.137. The summed E-state index contributed by atoms with van der Waals surface area (Å²) < 4.78 is 0. The van der Waals surface area contributed by atoms with Crippen LogP contribution in [0.1, 0.15) is 23.5 Å². The van der Waals surface area contributed by atoms with Crippen LogP contribution in [0.5, 0.6) is 0 Å². The highest BCUT2D eigenvalue weighted by molar-refractivity contribution is 6.33. The van der Waals surface area contributed by atoms with Crippen molar-refractivity contribution in [3.05, 3.63) is 57.6 Å². The minimum absolute atomic E-state index is 0. The number of rotatable bonds is 5. The summed E-state index contributed by atoms with van der Waals surface area (Å²) in [7, 11) is 0. The molecule has 2 rings (SSSR count). The fourth-order valence-electron chi connectivity index (χ4n) is 2.34. The molecule has 7 heteroatoms. The topological polar surface area (TPSA) is 87.1 Å². The Labute approximate surface area is 156 Å². The first kappa shape index (κ1) is 20.3. The van der Waals surface area contributed by atoms with E-state index in [4.69, 9.17) is 39.3 Å². The van der Waals surface area contributed by atoms with E-state index < -0.39 is 5.97 Å². The molecule has 0 fully saturated rings. The van der Waals surface area contributed by atoms with Crippen LogP contribution < -0.4 is 5.73 Å². The highest BCUT2D eigenvalue weighted by Gasteiger charge is 2.16. The average molecular weight is 386 g/mol. The second-order valence-electron chi connectivity index (χ2n) is 5.08. The first-order chi connectivity index (χ1) is 11.0. The van der Waals surface area contributed by atoms with E-state index >= 15 is 0 Å². The number of carboxylic acid groups (broad SMARTS) is 1. The second-order valence-corrected chi connectivity index (χ2v) is 5.89. The highest BCUT2D eigenvalue weighted by Crippen LogP contribution is 2.33. The number of carboxylic acids is 1. The molecule has 0 aromatic heterocycles. The summed E-state index contributed by atoms with van der Waals surface area (Å²) in [6, 6.07) is 12.4. The van der Waals surface area contributed by atoms with Gasteiger partial charge >= 0.3 is 5.97 Å². The zero-order valence-electron chi connectivity index (χ0n) is 12.5. The van der Waals surface area contributed by atoms with E-state index in [1.54, 1.807) is 30.3 Å². The van der Waals surface area contributed by atoms with Crippen LogP contribution in [-0.2, 0) is 4.79 Å². The van der Waals surface area contributed by atoms with Crippen molar-refractivity contribution < 1.29 is 9.90 Å². The number of benzene rings is 2. The molecule has 126 valence electrons. The van der Waals surface area contributed by atoms with Crippen LogP contribution in [0, 0.1) is 11.3 Å². The molecule has 0 aliphatic carbocycles. The molecular weight excluding hydrogens is 371 g/mol. The van der Waals surface area contributed by atoms with Crippen molar-refractivity contribution in [2.75, 3.05) is 6.54 Å². The number of halogens is 3. The summed E-state index contributed by atoms with van der Waals surface area (Å²) in [4.78, 5) is 11.0. The Morgan fingerprint density at radius 2 is 1.88 bits per heavy atom. The van der Waals surface area contributed by atoms with Crippen LogP contribution in [0.4, 0.5) is 0 Å². The molecule has 0 bridgehead atoms. The summed E-state index contributed by atoms with van der Waals surface area (Å²) >= 11 is 12.2. The molecule has 1 atom stereocenters.